The van der Waals surface area contributed by atoms with Gasteiger partial charge in [-0.1, -0.05) is 12.1 Å². The zero-order valence-electron chi connectivity index (χ0n) is 10.0. The second-order valence-corrected chi connectivity index (χ2v) is 4.78. The van der Waals surface area contributed by atoms with E-state index in [0.717, 1.165) is 24.2 Å². The van der Waals surface area contributed by atoms with E-state index in [4.69, 9.17) is 4.42 Å². The summed E-state index contributed by atoms with van der Waals surface area (Å²) in [5.41, 5.74) is 1.76. The highest BCUT2D eigenvalue weighted by molar-refractivity contribution is 5.74. The maximum Gasteiger partial charge on any atom is 0.295 e. The van der Waals surface area contributed by atoms with Gasteiger partial charge in [0.15, 0.2) is 5.58 Å². The van der Waals surface area contributed by atoms with Gasteiger partial charge in [0, 0.05) is 13.1 Å². The molecule has 2 aromatic rings. The van der Waals surface area contributed by atoms with Gasteiger partial charge in [0.2, 0.25) is 0 Å². The molecule has 1 aromatic heterocycles. The average molecular weight is 231 g/mol. The van der Waals surface area contributed by atoms with Crippen LogP contribution in [-0.2, 0) is 0 Å². The Morgan fingerprint density at radius 3 is 3.12 bits per heavy atom. The van der Waals surface area contributed by atoms with Crippen LogP contribution in [0.2, 0.25) is 0 Å². The van der Waals surface area contributed by atoms with E-state index in [0.29, 0.717) is 11.9 Å². The third kappa shape index (κ3) is 2.26. The maximum absolute atomic E-state index is 5.62. The predicted molar refractivity (Wildman–Crippen MR) is 68.1 cm³/mol. The molecule has 0 saturated carbocycles. The van der Waals surface area contributed by atoms with Gasteiger partial charge < -0.3 is 14.6 Å². The van der Waals surface area contributed by atoms with Crippen LogP contribution >= 0.6 is 0 Å². The van der Waals surface area contributed by atoms with Crippen LogP contribution in [0.4, 0.5) is 6.01 Å². The summed E-state index contributed by atoms with van der Waals surface area (Å²) in [4.78, 5) is 6.76. The largest absolute Gasteiger partial charge is 0.424 e. The van der Waals surface area contributed by atoms with Gasteiger partial charge in [-0.2, -0.15) is 4.98 Å². The number of hydrogen-bond donors (Lipinski definition) is 1. The van der Waals surface area contributed by atoms with Gasteiger partial charge in [-0.3, -0.25) is 0 Å². The molecule has 1 saturated heterocycles. The molecule has 90 valence electrons. The molecule has 0 radical (unpaired) electrons. The van der Waals surface area contributed by atoms with E-state index in [1.54, 1.807) is 0 Å². The minimum atomic E-state index is 0.640. The number of anilines is 1. The molecule has 4 heteroatoms. The van der Waals surface area contributed by atoms with E-state index < -0.39 is 0 Å². The van der Waals surface area contributed by atoms with Gasteiger partial charge in [-0.05, 0) is 38.1 Å². The highest BCUT2D eigenvalue weighted by atomic mass is 16.4. The summed E-state index contributed by atoms with van der Waals surface area (Å²) in [5, 5.41) is 3.29. The van der Waals surface area contributed by atoms with Crippen LogP contribution in [0.25, 0.3) is 11.1 Å². The number of aromatic nitrogens is 1. The molecule has 1 atom stereocenters. The summed E-state index contributed by atoms with van der Waals surface area (Å²) in [6, 6.07) is 8.48. The van der Waals surface area contributed by atoms with Crippen LogP contribution < -0.4 is 5.32 Å². The number of nitrogens with zero attached hydrogens (tertiary/aromatic N) is 2. The van der Waals surface area contributed by atoms with Crippen LogP contribution in [0, 0.1) is 5.92 Å². The molecule has 0 bridgehead atoms. The molecule has 0 spiro atoms. The first-order valence-corrected chi connectivity index (χ1v) is 6.09. The van der Waals surface area contributed by atoms with Gasteiger partial charge in [-0.15, -0.1) is 0 Å². The van der Waals surface area contributed by atoms with E-state index in [-0.39, 0.29) is 0 Å². The Kier molecular flexibility index (Phi) is 2.73. The van der Waals surface area contributed by atoms with Crippen molar-refractivity contribution >= 4 is 17.1 Å². The number of benzene rings is 1. The van der Waals surface area contributed by atoms with Crippen molar-refractivity contribution in [1.29, 1.82) is 0 Å². The lowest BCUT2D eigenvalue weighted by Gasteiger charge is -2.09. The van der Waals surface area contributed by atoms with Crippen LogP contribution in [0.15, 0.2) is 28.7 Å². The van der Waals surface area contributed by atoms with Crippen LogP contribution in [-0.4, -0.2) is 36.6 Å². The standard InChI is InChI=1S/C13H17N3O/c1-16-7-6-10(9-16)8-14-13-15-11-4-2-3-5-12(11)17-13/h2-5,10H,6-9H2,1H3,(H,14,15). The van der Waals surface area contributed by atoms with Crippen molar-refractivity contribution in [2.45, 2.75) is 6.42 Å². The average Bonchev–Trinajstić information content (AvgIpc) is 2.91. The fourth-order valence-corrected chi connectivity index (χ4v) is 2.37. The van der Waals surface area contributed by atoms with Gasteiger partial charge >= 0.3 is 0 Å². The fraction of sp³-hybridized carbons (Fsp3) is 0.462. The summed E-state index contributed by atoms with van der Waals surface area (Å²) in [5.74, 6) is 0.704. The SMILES string of the molecule is CN1CCC(CNc2nc3ccccc3o2)C1. The lowest BCUT2D eigenvalue weighted by molar-refractivity contribution is 0.398. The molecule has 3 rings (SSSR count). The van der Waals surface area contributed by atoms with Crippen LogP contribution in [0.1, 0.15) is 6.42 Å². The Balaban J connectivity index is 1.65. The Morgan fingerprint density at radius 1 is 1.47 bits per heavy atom. The maximum atomic E-state index is 5.62. The Labute approximate surface area is 101 Å². The molecular formula is C13H17N3O. The Hall–Kier alpha value is -1.55. The second kappa shape index (κ2) is 4.37. The van der Waals surface area contributed by atoms with E-state index >= 15 is 0 Å². The first-order chi connectivity index (χ1) is 8.31. The minimum Gasteiger partial charge on any atom is -0.424 e. The Bertz CT molecular complexity index is 475. The molecular weight excluding hydrogens is 214 g/mol. The lowest BCUT2D eigenvalue weighted by Crippen LogP contribution is -2.19. The van der Waals surface area contributed by atoms with Crippen molar-refractivity contribution in [3.63, 3.8) is 0 Å². The fourth-order valence-electron chi connectivity index (χ4n) is 2.37. The van der Waals surface area contributed by atoms with Crippen LogP contribution in [0.5, 0.6) is 0 Å². The molecule has 0 aliphatic carbocycles. The molecule has 4 nitrogen and oxygen atoms in total. The van der Waals surface area contributed by atoms with Gasteiger partial charge in [0.1, 0.15) is 5.52 Å². The molecule has 1 aliphatic heterocycles. The molecule has 1 fully saturated rings. The lowest BCUT2D eigenvalue weighted by atomic mass is 10.1. The summed E-state index contributed by atoms with van der Waals surface area (Å²) in [7, 11) is 2.17. The molecule has 1 unspecified atom stereocenters. The molecule has 0 amide bonds. The zero-order valence-corrected chi connectivity index (χ0v) is 10.0. The van der Waals surface area contributed by atoms with Crippen molar-refractivity contribution in [2.24, 2.45) is 5.92 Å². The number of fused-ring (bicyclic) bond motifs is 1. The number of nitrogens with one attached hydrogen (secondary N) is 1. The van der Waals surface area contributed by atoms with E-state index in [2.05, 4.69) is 22.2 Å². The number of oxazole rings is 1. The molecule has 1 aliphatic rings. The minimum absolute atomic E-state index is 0.640. The van der Waals surface area contributed by atoms with E-state index in [9.17, 15) is 0 Å². The van der Waals surface area contributed by atoms with E-state index in [1.165, 1.54) is 13.0 Å². The van der Waals surface area contributed by atoms with Crippen molar-refractivity contribution in [1.82, 2.24) is 9.88 Å². The number of hydrogen-bond acceptors (Lipinski definition) is 4. The number of likely N-dealkylation sites (tertiary alicyclic amines) is 1. The van der Waals surface area contributed by atoms with Gasteiger partial charge in [-0.25, -0.2) is 0 Å². The summed E-state index contributed by atoms with van der Waals surface area (Å²) >= 11 is 0. The van der Waals surface area contributed by atoms with E-state index in [1.807, 2.05) is 24.3 Å². The number of para-hydroxylation sites is 2. The highest BCUT2D eigenvalue weighted by Gasteiger charge is 2.19. The van der Waals surface area contributed by atoms with Crippen molar-refractivity contribution in [3.8, 4) is 0 Å². The normalized spacial score (nSPS) is 21.1. The zero-order chi connectivity index (χ0) is 11.7. The smallest absolute Gasteiger partial charge is 0.295 e. The topological polar surface area (TPSA) is 41.3 Å². The molecule has 1 aromatic carbocycles. The van der Waals surface area contributed by atoms with Crippen molar-refractivity contribution in [2.75, 3.05) is 32.0 Å². The molecule has 1 N–H and O–H groups in total. The summed E-state index contributed by atoms with van der Waals surface area (Å²) in [6.45, 7) is 3.30. The molecule has 17 heavy (non-hydrogen) atoms. The molecule has 2 heterocycles. The third-order valence-corrected chi connectivity index (χ3v) is 3.32. The Morgan fingerprint density at radius 2 is 2.35 bits per heavy atom. The van der Waals surface area contributed by atoms with Gasteiger partial charge in [0.05, 0.1) is 0 Å². The number of rotatable bonds is 3. The highest BCUT2D eigenvalue weighted by Crippen LogP contribution is 2.20. The third-order valence-electron chi connectivity index (χ3n) is 3.32. The monoisotopic (exact) mass is 231 g/mol. The van der Waals surface area contributed by atoms with Crippen molar-refractivity contribution in [3.05, 3.63) is 24.3 Å². The summed E-state index contributed by atoms with van der Waals surface area (Å²) < 4.78 is 5.62. The van der Waals surface area contributed by atoms with Gasteiger partial charge in [0.25, 0.3) is 6.01 Å². The summed E-state index contributed by atoms with van der Waals surface area (Å²) in [6.07, 6.45) is 1.25. The quantitative estimate of drug-likeness (QED) is 0.879. The predicted octanol–water partition coefficient (Wildman–Crippen LogP) is 2.19. The first-order valence-electron chi connectivity index (χ1n) is 6.09. The van der Waals surface area contributed by atoms with Crippen LogP contribution in [0.3, 0.4) is 0 Å². The second-order valence-electron chi connectivity index (χ2n) is 4.78. The van der Waals surface area contributed by atoms with Crippen molar-refractivity contribution < 1.29 is 4.42 Å². The first kappa shape index (κ1) is 10.6.